The van der Waals surface area contributed by atoms with Gasteiger partial charge in [-0.15, -0.1) is 11.3 Å². The summed E-state index contributed by atoms with van der Waals surface area (Å²) in [6.45, 7) is 4.26. The average molecular weight is 221 g/mol. The number of H-pyrrole nitrogens is 1. The van der Waals surface area contributed by atoms with E-state index >= 15 is 0 Å². The summed E-state index contributed by atoms with van der Waals surface area (Å²) < 4.78 is 0. The van der Waals surface area contributed by atoms with E-state index in [0.717, 1.165) is 16.3 Å². The molecule has 0 aliphatic rings. The van der Waals surface area contributed by atoms with E-state index in [1.165, 1.54) is 0 Å². The minimum atomic E-state index is -0.0563. The highest BCUT2D eigenvalue weighted by molar-refractivity contribution is 7.10. The van der Waals surface area contributed by atoms with Crippen molar-refractivity contribution in [3.05, 3.63) is 28.8 Å². The summed E-state index contributed by atoms with van der Waals surface area (Å²) >= 11 is 1.69. The molecule has 2 heterocycles. The van der Waals surface area contributed by atoms with Crippen molar-refractivity contribution in [2.24, 2.45) is 0 Å². The van der Waals surface area contributed by atoms with Gasteiger partial charge in [-0.3, -0.25) is 0 Å². The van der Waals surface area contributed by atoms with Crippen LogP contribution in [-0.4, -0.2) is 17.0 Å². The summed E-state index contributed by atoms with van der Waals surface area (Å²) in [5, 5.41) is 6.46. The third kappa shape index (κ3) is 1.96. The first kappa shape index (κ1) is 10.4. The second kappa shape index (κ2) is 3.79. The number of aromatic nitrogens is 2. The maximum atomic E-state index is 4.63. The quantitative estimate of drug-likeness (QED) is 0.836. The van der Waals surface area contributed by atoms with Gasteiger partial charge in [-0.1, -0.05) is 0 Å². The van der Waals surface area contributed by atoms with Gasteiger partial charge in [-0.25, -0.2) is 4.98 Å². The molecule has 2 rings (SSSR count). The molecule has 0 radical (unpaired) electrons. The lowest BCUT2D eigenvalue weighted by Crippen LogP contribution is -2.32. The highest BCUT2D eigenvalue weighted by atomic mass is 32.1. The van der Waals surface area contributed by atoms with Gasteiger partial charge in [0.05, 0.1) is 11.2 Å². The number of nitrogens with one attached hydrogen (secondary N) is 2. The van der Waals surface area contributed by atoms with Gasteiger partial charge < -0.3 is 10.3 Å². The zero-order valence-corrected chi connectivity index (χ0v) is 9.98. The van der Waals surface area contributed by atoms with Crippen molar-refractivity contribution >= 4 is 11.3 Å². The molecule has 0 atom stereocenters. The molecule has 4 heteroatoms. The Bertz CT molecular complexity index is 428. The van der Waals surface area contributed by atoms with Crippen molar-refractivity contribution in [2.45, 2.75) is 19.4 Å². The normalized spacial score (nSPS) is 11.9. The van der Waals surface area contributed by atoms with Crippen molar-refractivity contribution in [1.29, 1.82) is 0 Å². The molecule has 0 spiro atoms. The van der Waals surface area contributed by atoms with E-state index in [2.05, 4.69) is 34.5 Å². The molecule has 0 saturated carbocycles. The molecule has 2 aromatic heterocycles. The van der Waals surface area contributed by atoms with Crippen molar-refractivity contribution in [3.8, 4) is 11.3 Å². The maximum absolute atomic E-state index is 4.63. The minimum Gasteiger partial charge on any atom is -0.367 e. The summed E-state index contributed by atoms with van der Waals surface area (Å²) in [4.78, 5) is 7.67. The smallest absolute Gasteiger partial charge is 0.113 e. The van der Waals surface area contributed by atoms with Crippen molar-refractivity contribution in [1.82, 2.24) is 15.3 Å². The first-order chi connectivity index (χ1) is 7.13. The van der Waals surface area contributed by atoms with Crippen LogP contribution in [0.1, 0.15) is 18.9 Å². The Kier molecular flexibility index (Phi) is 2.63. The van der Waals surface area contributed by atoms with Crippen LogP contribution in [0.3, 0.4) is 0 Å². The first-order valence-electron chi connectivity index (χ1n) is 4.91. The minimum absolute atomic E-state index is 0.0563. The molecule has 3 nitrogen and oxygen atoms in total. The molecule has 0 saturated heterocycles. The molecule has 2 N–H and O–H groups in total. The van der Waals surface area contributed by atoms with Crippen LogP contribution in [-0.2, 0) is 5.54 Å². The Balaban J connectivity index is 2.33. The summed E-state index contributed by atoms with van der Waals surface area (Å²) in [6, 6.07) is 2.03. The molecule has 0 aromatic carbocycles. The number of hydrogen-bond acceptors (Lipinski definition) is 3. The lowest BCUT2D eigenvalue weighted by atomic mass is 10.1. The Morgan fingerprint density at radius 3 is 2.87 bits per heavy atom. The molecular weight excluding hydrogens is 206 g/mol. The topological polar surface area (TPSA) is 40.7 Å². The van der Waals surface area contributed by atoms with E-state index in [1.54, 1.807) is 11.3 Å². The zero-order valence-electron chi connectivity index (χ0n) is 9.16. The lowest BCUT2D eigenvalue weighted by molar-refractivity contribution is 0.442. The Morgan fingerprint density at radius 2 is 2.27 bits per heavy atom. The number of aromatic amines is 1. The van der Waals surface area contributed by atoms with Gasteiger partial charge in [0.25, 0.3) is 0 Å². The van der Waals surface area contributed by atoms with E-state index in [0.29, 0.717) is 0 Å². The van der Waals surface area contributed by atoms with Crippen LogP contribution in [0.5, 0.6) is 0 Å². The molecule has 0 unspecified atom stereocenters. The second-order valence-electron chi connectivity index (χ2n) is 4.01. The number of nitrogens with zero attached hydrogens (tertiary/aromatic N) is 1. The molecule has 2 aromatic rings. The Labute approximate surface area is 93.6 Å². The molecule has 0 aliphatic carbocycles. The fraction of sp³-hybridized carbons (Fsp3) is 0.364. The second-order valence-corrected chi connectivity index (χ2v) is 4.87. The number of rotatable bonds is 3. The predicted octanol–water partition coefficient (Wildman–Crippen LogP) is 2.59. The van der Waals surface area contributed by atoms with Gasteiger partial charge in [-0.2, -0.15) is 0 Å². The van der Waals surface area contributed by atoms with E-state index in [1.807, 2.05) is 25.5 Å². The van der Waals surface area contributed by atoms with Crippen LogP contribution < -0.4 is 5.32 Å². The lowest BCUT2D eigenvalue weighted by Gasteiger charge is -2.20. The largest absolute Gasteiger partial charge is 0.367 e. The van der Waals surface area contributed by atoms with Gasteiger partial charge in [-0.05, 0) is 27.0 Å². The number of thiazole rings is 1. The van der Waals surface area contributed by atoms with E-state index < -0.39 is 0 Å². The zero-order chi connectivity index (χ0) is 10.9. The fourth-order valence-electron chi connectivity index (χ4n) is 1.28. The van der Waals surface area contributed by atoms with Gasteiger partial charge in [0.2, 0.25) is 0 Å². The van der Waals surface area contributed by atoms with Gasteiger partial charge in [0, 0.05) is 23.3 Å². The SMILES string of the molecule is CNC(C)(C)c1nc(-c2cc[nH]c2)cs1. The van der Waals surface area contributed by atoms with Crippen molar-refractivity contribution in [3.63, 3.8) is 0 Å². The maximum Gasteiger partial charge on any atom is 0.113 e. The third-order valence-corrected chi connectivity index (χ3v) is 3.72. The average Bonchev–Trinajstić information content (AvgIpc) is 2.88. The molecule has 15 heavy (non-hydrogen) atoms. The van der Waals surface area contributed by atoms with Crippen LogP contribution >= 0.6 is 11.3 Å². The molecular formula is C11H15N3S. The molecule has 0 amide bonds. The van der Waals surface area contributed by atoms with Gasteiger partial charge in [0.15, 0.2) is 0 Å². The fourth-order valence-corrected chi connectivity index (χ4v) is 2.24. The number of hydrogen-bond donors (Lipinski definition) is 2. The highest BCUT2D eigenvalue weighted by Crippen LogP contribution is 2.27. The third-order valence-electron chi connectivity index (χ3n) is 2.56. The molecule has 0 aliphatic heterocycles. The molecule has 0 bridgehead atoms. The first-order valence-corrected chi connectivity index (χ1v) is 5.79. The van der Waals surface area contributed by atoms with Gasteiger partial charge >= 0.3 is 0 Å². The van der Waals surface area contributed by atoms with Crippen LogP contribution in [0.25, 0.3) is 11.3 Å². The van der Waals surface area contributed by atoms with Crippen molar-refractivity contribution in [2.75, 3.05) is 7.05 Å². The highest BCUT2D eigenvalue weighted by Gasteiger charge is 2.21. The standard InChI is InChI=1S/C11H15N3S/c1-11(2,12-3)10-14-9(7-15-10)8-4-5-13-6-8/h4-7,12-13H,1-3H3. The summed E-state index contributed by atoms with van der Waals surface area (Å²) in [6.07, 6.45) is 3.88. The predicted molar refractivity (Wildman–Crippen MR) is 64.0 cm³/mol. The van der Waals surface area contributed by atoms with Crippen LogP contribution in [0, 0.1) is 0 Å². The molecule has 0 fully saturated rings. The Hall–Kier alpha value is -1.13. The van der Waals surface area contributed by atoms with Crippen LogP contribution in [0.4, 0.5) is 0 Å². The van der Waals surface area contributed by atoms with Crippen LogP contribution in [0.2, 0.25) is 0 Å². The van der Waals surface area contributed by atoms with Crippen molar-refractivity contribution < 1.29 is 0 Å². The van der Waals surface area contributed by atoms with E-state index in [-0.39, 0.29) is 5.54 Å². The summed E-state index contributed by atoms with van der Waals surface area (Å²) in [7, 11) is 1.96. The summed E-state index contributed by atoms with van der Waals surface area (Å²) in [5.74, 6) is 0. The van der Waals surface area contributed by atoms with E-state index in [9.17, 15) is 0 Å². The van der Waals surface area contributed by atoms with Gasteiger partial charge in [0.1, 0.15) is 5.01 Å². The summed E-state index contributed by atoms with van der Waals surface area (Å²) in [5.41, 5.74) is 2.13. The molecule has 80 valence electrons. The van der Waals surface area contributed by atoms with Crippen LogP contribution in [0.15, 0.2) is 23.8 Å². The monoisotopic (exact) mass is 221 g/mol. The van der Waals surface area contributed by atoms with E-state index in [4.69, 9.17) is 0 Å². The Morgan fingerprint density at radius 1 is 1.47 bits per heavy atom.